The molecular formula is C16H32N2. The lowest BCUT2D eigenvalue weighted by atomic mass is 9.76. The fourth-order valence-electron chi connectivity index (χ4n) is 3.93. The molecule has 1 N–H and O–H groups in total. The normalized spacial score (nSPS) is 31.8. The van der Waals surface area contributed by atoms with Gasteiger partial charge in [-0.05, 0) is 57.2 Å². The highest BCUT2D eigenvalue weighted by Crippen LogP contribution is 2.33. The van der Waals surface area contributed by atoms with Crippen LogP contribution in [-0.4, -0.2) is 37.6 Å². The predicted molar refractivity (Wildman–Crippen MR) is 79.0 cm³/mol. The standard InChI is InChI=1S/C16H32N2/c1-2-9-16(10-8-11-17-14-16)15-18-12-6-4-3-5-7-13-18/h17H,2-15H2,1H3. The number of hydrogen-bond acceptors (Lipinski definition) is 2. The molecule has 2 rings (SSSR count). The van der Waals surface area contributed by atoms with E-state index >= 15 is 0 Å². The van der Waals surface area contributed by atoms with Crippen molar-refractivity contribution in [3.05, 3.63) is 0 Å². The second kappa shape index (κ2) is 7.49. The second-order valence-corrected chi connectivity index (χ2v) is 6.57. The summed E-state index contributed by atoms with van der Waals surface area (Å²) in [6.45, 7) is 8.91. The van der Waals surface area contributed by atoms with Crippen LogP contribution in [0.1, 0.15) is 64.7 Å². The van der Waals surface area contributed by atoms with Crippen LogP contribution in [0.15, 0.2) is 0 Å². The van der Waals surface area contributed by atoms with Gasteiger partial charge in [0.25, 0.3) is 0 Å². The maximum Gasteiger partial charge on any atom is 0.00501 e. The highest BCUT2D eigenvalue weighted by atomic mass is 15.1. The Morgan fingerprint density at radius 1 is 1.00 bits per heavy atom. The van der Waals surface area contributed by atoms with Crippen LogP contribution in [0.25, 0.3) is 0 Å². The maximum atomic E-state index is 3.65. The minimum absolute atomic E-state index is 0.589. The SMILES string of the molecule is CCCC1(CN2CCCCCCC2)CCCNC1. The molecule has 0 saturated carbocycles. The van der Waals surface area contributed by atoms with E-state index < -0.39 is 0 Å². The average Bonchev–Trinajstić information content (AvgIpc) is 2.34. The zero-order valence-corrected chi connectivity index (χ0v) is 12.3. The van der Waals surface area contributed by atoms with Gasteiger partial charge in [-0.15, -0.1) is 0 Å². The predicted octanol–water partition coefficient (Wildman–Crippen LogP) is 3.42. The molecule has 0 aromatic carbocycles. The Kier molecular flexibility index (Phi) is 5.97. The molecule has 2 fully saturated rings. The van der Waals surface area contributed by atoms with E-state index in [-0.39, 0.29) is 0 Å². The molecule has 0 amide bonds. The van der Waals surface area contributed by atoms with Crippen molar-refractivity contribution in [1.82, 2.24) is 10.2 Å². The van der Waals surface area contributed by atoms with E-state index in [0.29, 0.717) is 5.41 Å². The molecular weight excluding hydrogens is 220 g/mol. The van der Waals surface area contributed by atoms with E-state index in [2.05, 4.69) is 17.1 Å². The van der Waals surface area contributed by atoms with Crippen molar-refractivity contribution in [3.8, 4) is 0 Å². The van der Waals surface area contributed by atoms with Gasteiger partial charge in [-0.2, -0.15) is 0 Å². The van der Waals surface area contributed by atoms with E-state index in [9.17, 15) is 0 Å². The quantitative estimate of drug-likeness (QED) is 0.825. The van der Waals surface area contributed by atoms with Gasteiger partial charge >= 0.3 is 0 Å². The molecule has 106 valence electrons. The monoisotopic (exact) mass is 252 g/mol. The van der Waals surface area contributed by atoms with Gasteiger partial charge in [0.1, 0.15) is 0 Å². The van der Waals surface area contributed by atoms with Crippen LogP contribution in [0.5, 0.6) is 0 Å². The van der Waals surface area contributed by atoms with Crippen LogP contribution >= 0.6 is 0 Å². The first-order valence-electron chi connectivity index (χ1n) is 8.28. The van der Waals surface area contributed by atoms with Gasteiger partial charge in [0, 0.05) is 13.1 Å². The molecule has 0 aliphatic carbocycles. The Labute approximate surface area is 114 Å². The largest absolute Gasteiger partial charge is 0.316 e. The van der Waals surface area contributed by atoms with Crippen molar-refractivity contribution < 1.29 is 0 Å². The first kappa shape index (κ1) is 14.3. The van der Waals surface area contributed by atoms with Gasteiger partial charge in [-0.1, -0.05) is 32.6 Å². The fourth-order valence-corrected chi connectivity index (χ4v) is 3.93. The van der Waals surface area contributed by atoms with Crippen molar-refractivity contribution in [3.63, 3.8) is 0 Å². The highest BCUT2D eigenvalue weighted by molar-refractivity contribution is 4.88. The summed E-state index contributed by atoms with van der Waals surface area (Å²) in [6.07, 6.45) is 12.8. The molecule has 0 spiro atoms. The Morgan fingerprint density at radius 2 is 1.72 bits per heavy atom. The molecule has 2 heteroatoms. The van der Waals surface area contributed by atoms with E-state index in [0.717, 1.165) is 0 Å². The Hall–Kier alpha value is -0.0800. The summed E-state index contributed by atoms with van der Waals surface area (Å²) in [4.78, 5) is 2.78. The van der Waals surface area contributed by atoms with Crippen LogP contribution in [0, 0.1) is 5.41 Å². The van der Waals surface area contributed by atoms with Crippen LogP contribution in [0.2, 0.25) is 0 Å². The summed E-state index contributed by atoms with van der Waals surface area (Å²) in [5.41, 5.74) is 0.589. The van der Waals surface area contributed by atoms with Gasteiger partial charge in [0.05, 0.1) is 0 Å². The number of rotatable bonds is 4. The number of piperidine rings is 1. The van der Waals surface area contributed by atoms with Gasteiger partial charge in [-0.3, -0.25) is 0 Å². The number of nitrogens with one attached hydrogen (secondary N) is 1. The van der Waals surface area contributed by atoms with Crippen molar-refractivity contribution in [2.45, 2.75) is 64.7 Å². The van der Waals surface area contributed by atoms with Crippen LogP contribution < -0.4 is 5.32 Å². The molecule has 0 aromatic rings. The molecule has 0 radical (unpaired) electrons. The number of nitrogens with zero attached hydrogens (tertiary/aromatic N) is 1. The Bertz CT molecular complexity index is 208. The summed E-state index contributed by atoms with van der Waals surface area (Å²) in [5, 5.41) is 3.65. The third kappa shape index (κ3) is 4.24. The fraction of sp³-hybridized carbons (Fsp3) is 1.00. The topological polar surface area (TPSA) is 15.3 Å². The second-order valence-electron chi connectivity index (χ2n) is 6.57. The minimum atomic E-state index is 0.589. The summed E-state index contributed by atoms with van der Waals surface area (Å²) < 4.78 is 0. The number of likely N-dealkylation sites (tertiary alicyclic amines) is 1. The molecule has 2 aliphatic heterocycles. The summed E-state index contributed by atoms with van der Waals surface area (Å²) >= 11 is 0. The van der Waals surface area contributed by atoms with Gasteiger partial charge in [-0.25, -0.2) is 0 Å². The molecule has 0 aromatic heterocycles. The van der Waals surface area contributed by atoms with Gasteiger partial charge in [0.2, 0.25) is 0 Å². The van der Waals surface area contributed by atoms with Crippen LogP contribution in [0.3, 0.4) is 0 Å². The zero-order chi connectivity index (χ0) is 12.7. The average molecular weight is 252 g/mol. The lowest BCUT2D eigenvalue weighted by Crippen LogP contribution is -2.48. The summed E-state index contributed by atoms with van der Waals surface area (Å²) in [6, 6.07) is 0. The van der Waals surface area contributed by atoms with Gasteiger partial charge < -0.3 is 10.2 Å². The molecule has 2 nitrogen and oxygen atoms in total. The molecule has 2 heterocycles. The lowest BCUT2D eigenvalue weighted by Gasteiger charge is -2.42. The molecule has 1 atom stereocenters. The van der Waals surface area contributed by atoms with E-state index in [1.807, 2.05) is 0 Å². The van der Waals surface area contributed by atoms with Crippen molar-refractivity contribution >= 4 is 0 Å². The number of hydrogen-bond donors (Lipinski definition) is 1. The lowest BCUT2D eigenvalue weighted by molar-refractivity contribution is 0.100. The van der Waals surface area contributed by atoms with Crippen molar-refractivity contribution in [1.29, 1.82) is 0 Å². The summed E-state index contributed by atoms with van der Waals surface area (Å²) in [7, 11) is 0. The van der Waals surface area contributed by atoms with E-state index in [1.165, 1.54) is 90.5 Å². The van der Waals surface area contributed by atoms with Crippen LogP contribution in [0.4, 0.5) is 0 Å². The summed E-state index contributed by atoms with van der Waals surface area (Å²) in [5.74, 6) is 0. The van der Waals surface area contributed by atoms with Gasteiger partial charge in [0.15, 0.2) is 0 Å². The third-order valence-corrected chi connectivity index (χ3v) is 4.85. The Balaban J connectivity index is 1.89. The molecule has 0 bridgehead atoms. The Morgan fingerprint density at radius 3 is 2.33 bits per heavy atom. The molecule has 2 saturated heterocycles. The highest BCUT2D eigenvalue weighted by Gasteiger charge is 2.32. The zero-order valence-electron chi connectivity index (χ0n) is 12.3. The van der Waals surface area contributed by atoms with Crippen molar-refractivity contribution in [2.75, 3.05) is 32.7 Å². The van der Waals surface area contributed by atoms with Crippen LogP contribution in [-0.2, 0) is 0 Å². The molecule has 1 unspecified atom stereocenters. The van der Waals surface area contributed by atoms with E-state index in [1.54, 1.807) is 0 Å². The molecule has 18 heavy (non-hydrogen) atoms. The third-order valence-electron chi connectivity index (χ3n) is 4.85. The molecule has 2 aliphatic rings. The maximum absolute atomic E-state index is 3.65. The van der Waals surface area contributed by atoms with Crippen molar-refractivity contribution in [2.24, 2.45) is 5.41 Å². The first-order valence-corrected chi connectivity index (χ1v) is 8.28. The smallest absolute Gasteiger partial charge is 0.00501 e. The minimum Gasteiger partial charge on any atom is -0.316 e. The first-order chi connectivity index (χ1) is 8.85. The van der Waals surface area contributed by atoms with E-state index in [4.69, 9.17) is 0 Å².